The van der Waals surface area contributed by atoms with Crippen LogP contribution in [0.3, 0.4) is 0 Å². The highest BCUT2D eigenvalue weighted by Crippen LogP contribution is 2.39. The van der Waals surface area contributed by atoms with Crippen LogP contribution < -0.4 is 16.5 Å². The van der Waals surface area contributed by atoms with E-state index in [0.717, 1.165) is 18.2 Å². The summed E-state index contributed by atoms with van der Waals surface area (Å²) in [6, 6.07) is 4.63. The van der Waals surface area contributed by atoms with Gasteiger partial charge in [-0.15, -0.1) is 0 Å². The van der Waals surface area contributed by atoms with Crippen LogP contribution in [-0.4, -0.2) is 31.6 Å². The average Bonchev–Trinajstić information content (AvgIpc) is 2.54. The highest BCUT2D eigenvalue weighted by molar-refractivity contribution is 5.88. The number of hydrogen-bond acceptors (Lipinski definition) is 8. The lowest BCUT2D eigenvalue weighted by Gasteiger charge is -2.10. The van der Waals surface area contributed by atoms with Gasteiger partial charge in [0, 0.05) is 18.2 Å². The zero-order valence-electron chi connectivity index (χ0n) is 13.0. The molecule has 0 aliphatic heterocycles. The summed E-state index contributed by atoms with van der Waals surface area (Å²) >= 11 is 0. The van der Waals surface area contributed by atoms with E-state index in [1.165, 1.54) is 12.1 Å². The number of carbonyl (C=O) groups is 1. The van der Waals surface area contributed by atoms with Crippen molar-refractivity contribution in [1.82, 2.24) is 5.43 Å². The van der Waals surface area contributed by atoms with Gasteiger partial charge in [-0.1, -0.05) is 0 Å². The number of urea groups is 1. The molecule has 10 nitrogen and oxygen atoms in total. The molecule has 10 heteroatoms. The summed E-state index contributed by atoms with van der Waals surface area (Å²) in [5, 5.41) is 52.9. The molecule has 0 unspecified atom stereocenters. The first-order chi connectivity index (χ1) is 12.3. The predicted molar refractivity (Wildman–Crippen MR) is 88.3 cm³/mol. The largest absolute Gasteiger partial charge is 0.508 e. The number of fused-ring (bicyclic) bond motifs is 1. The van der Waals surface area contributed by atoms with E-state index in [1.54, 1.807) is 0 Å². The average molecular weight is 359 g/mol. The van der Waals surface area contributed by atoms with Crippen molar-refractivity contribution >= 4 is 17.0 Å². The molecule has 0 aliphatic carbocycles. The first kappa shape index (κ1) is 16.8. The van der Waals surface area contributed by atoms with Crippen LogP contribution in [-0.2, 0) is 0 Å². The van der Waals surface area contributed by atoms with E-state index < -0.39 is 23.3 Å². The van der Waals surface area contributed by atoms with Crippen molar-refractivity contribution in [3.63, 3.8) is 0 Å². The van der Waals surface area contributed by atoms with Crippen molar-refractivity contribution in [2.24, 2.45) is 10.8 Å². The lowest BCUT2D eigenvalue weighted by atomic mass is 10.1. The van der Waals surface area contributed by atoms with Crippen LogP contribution in [0, 0.1) is 0 Å². The summed E-state index contributed by atoms with van der Waals surface area (Å²) in [5.41, 5.74) is 6.78. The second-order valence-electron chi connectivity index (χ2n) is 5.26. The van der Waals surface area contributed by atoms with Gasteiger partial charge in [0.2, 0.25) is 0 Å². The van der Waals surface area contributed by atoms with Gasteiger partial charge in [-0.05, 0) is 12.1 Å². The Hall–Kier alpha value is -4.08. The zero-order chi connectivity index (χ0) is 19.0. The summed E-state index contributed by atoms with van der Waals surface area (Å²) in [5.74, 6) is -2.37. The first-order valence-electron chi connectivity index (χ1n) is 7.11. The van der Waals surface area contributed by atoms with Crippen molar-refractivity contribution in [2.75, 3.05) is 0 Å². The van der Waals surface area contributed by atoms with Crippen LogP contribution >= 0.6 is 0 Å². The summed E-state index contributed by atoms with van der Waals surface area (Å²) in [6.45, 7) is 0. The van der Waals surface area contributed by atoms with E-state index in [-0.39, 0.29) is 39.1 Å². The standard InChI is InChI=1S/C16H13N3O7/c17-16(25)19-18-13-12-10(23)4-7(21)5-11(12)26-15(14(13)24)8-2-1-6(20)3-9(8)22/h1-5,20-24H,(H3,17,19,25). The third-order valence-corrected chi connectivity index (χ3v) is 3.46. The van der Waals surface area contributed by atoms with Crippen LogP contribution in [0.25, 0.3) is 22.3 Å². The highest BCUT2D eigenvalue weighted by Gasteiger charge is 2.20. The molecule has 3 aromatic rings. The topological polar surface area (TPSA) is 182 Å². The molecule has 8 N–H and O–H groups in total. The van der Waals surface area contributed by atoms with E-state index in [4.69, 9.17) is 10.2 Å². The molecule has 3 rings (SSSR count). The van der Waals surface area contributed by atoms with Gasteiger partial charge >= 0.3 is 6.03 Å². The minimum atomic E-state index is -1.02. The summed E-state index contributed by atoms with van der Waals surface area (Å²) in [4.78, 5) is 10.9. The van der Waals surface area contributed by atoms with Crippen LogP contribution in [0.15, 0.2) is 39.9 Å². The number of rotatable bonds is 2. The van der Waals surface area contributed by atoms with Gasteiger partial charge in [-0.3, -0.25) is 0 Å². The number of nitrogens with zero attached hydrogens (tertiary/aromatic N) is 1. The minimum Gasteiger partial charge on any atom is -0.508 e. The number of primary amides is 1. The van der Waals surface area contributed by atoms with Crippen molar-refractivity contribution in [1.29, 1.82) is 0 Å². The Morgan fingerprint density at radius 1 is 1.00 bits per heavy atom. The molecule has 1 aromatic heterocycles. The Labute approximate surface area is 144 Å². The maximum Gasteiger partial charge on any atom is 0.332 e. The zero-order valence-corrected chi connectivity index (χ0v) is 13.0. The van der Waals surface area contributed by atoms with Gasteiger partial charge in [-0.25, -0.2) is 10.2 Å². The molecule has 2 amide bonds. The number of aromatic hydroxyl groups is 5. The molecule has 0 saturated heterocycles. The number of phenolic OH excluding ortho intramolecular Hbond substituents is 4. The van der Waals surface area contributed by atoms with Crippen LogP contribution in [0.2, 0.25) is 0 Å². The van der Waals surface area contributed by atoms with Crippen LogP contribution in [0.5, 0.6) is 28.7 Å². The van der Waals surface area contributed by atoms with Gasteiger partial charge in [0.1, 0.15) is 33.9 Å². The maximum atomic E-state index is 10.9. The fraction of sp³-hybridized carbons (Fsp3) is 0. The SMILES string of the molecule is NC(=O)NN=c1c(O)c(-c2ccc(O)cc2O)oc2cc(O)cc(O)c12. The summed E-state index contributed by atoms with van der Waals surface area (Å²) in [7, 11) is 0. The molecule has 0 saturated carbocycles. The van der Waals surface area contributed by atoms with Gasteiger partial charge in [0.05, 0.1) is 10.9 Å². The predicted octanol–water partition coefficient (Wildman–Crippen LogP) is 1.11. The number of benzene rings is 2. The van der Waals surface area contributed by atoms with Crippen LogP contribution in [0.1, 0.15) is 0 Å². The molecule has 1 heterocycles. The lowest BCUT2D eigenvalue weighted by molar-refractivity contribution is 0.249. The Balaban J connectivity index is 2.44. The minimum absolute atomic E-state index is 0.0134. The van der Waals surface area contributed by atoms with E-state index in [2.05, 4.69) is 5.10 Å². The molecule has 0 radical (unpaired) electrons. The Bertz CT molecular complexity index is 1110. The van der Waals surface area contributed by atoms with Gasteiger partial charge in [0.25, 0.3) is 0 Å². The molecule has 134 valence electrons. The molecule has 0 fully saturated rings. The third-order valence-electron chi connectivity index (χ3n) is 3.46. The summed E-state index contributed by atoms with van der Waals surface area (Å²) < 4.78 is 5.49. The number of nitrogens with two attached hydrogens (primary N) is 1. The number of hydrogen-bond donors (Lipinski definition) is 7. The fourth-order valence-electron chi connectivity index (χ4n) is 2.40. The van der Waals surface area contributed by atoms with E-state index in [9.17, 15) is 30.3 Å². The molecular weight excluding hydrogens is 346 g/mol. The van der Waals surface area contributed by atoms with Crippen molar-refractivity contribution in [3.05, 3.63) is 35.7 Å². The molecule has 26 heavy (non-hydrogen) atoms. The normalized spacial score (nSPS) is 11.6. The molecule has 0 spiro atoms. The second kappa shape index (κ2) is 6.09. The maximum absolute atomic E-state index is 10.9. The van der Waals surface area contributed by atoms with Gasteiger partial charge in [-0.2, -0.15) is 5.10 Å². The number of carbonyl (C=O) groups excluding carboxylic acids is 1. The van der Waals surface area contributed by atoms with E-state index >= 15 is 0 Å². The van der Waals surface area contributed by atoms with Gasteiger partial charge < -0.3 is 35.7 Å². The molecule has 0 atom stereocenters. The van der Waals surface area contributed by atoms with Crippen LogP contribution in [0.4, 0.5) is 4.79 Å². The summed E-state index contributed by atoms with van der Waals surface area (Å²) in [6.07, 6.45) is 0. The number of nitrogens with one attached hydrogen (secondary N) is 1. The Morgan fingerprint density at radius 2 is 1.69 bits per heavy atom. The second-order valence-corrected chi connectivity index (χ2v) is 5.26. The Morgan fingerprint density at radius 3 is 2.35 bits per heavy atom. The van der Waals surface area contributed by atoms with E-state index in [1.807, 2.05) is 5.43 Å². The Kier molecular flexibility index (Phi) is 3.93. The van der Waals surface area contributed by atoms with Crippen molar-refractivity contribution in [3.8, 4) is 40.1 Å². The smallest absolute Gasteiger partial charge is 0.332 e. The fourth-order valence-corrected chi connectivity index (χ4v) is 2.40. The molecule has 2 aromatic carbocycles. The first-order valence-corrected chi connectivity index (χ1v) is 7.11. The lowest BCUT2D eigenvalue weighted by Crippen LogP contribution is -2.27. The van der Waals surface area contributed by atoms with Gasteiger partial charge in [0.15, 0.2) is 11.5 Å². The molecular formula is C16H13N3O7. The van der Waals surface area contributed by atoms with E-state index in [0.29, 0.717) is 0 Å². The molecule has 0 aliphatic rings. The van der Waals surface area contributed by atoms with Crippen molar-refractivity contribution in [2.45, 2.75) is 0 Å². The quantitative estimate of drug-likeness (QED) is 0.334. The third kappa shape index (κ3) is 2.86. The van der Waals surface area contributed by atoms with Crippen molar-refractivity contribution < 1.29 is 34.7 Å². The highest BCUT2D eigenvalue weighted by atomic mass is 16.4. The monoisotopic (exact) mass is 359 g/mol. The number of phenols is 4. The molecule has 0 bridgehead atoms. The number of amides is 2.